The average molecular weight is 337 g/mol. The van der Waals surface area contributed by atoms with Gasteiger partial charge in [0.05, 0.1) is 0 Å². The zero-order chi connectivity index (χ0) is 15.7. The maximum absolute atomic E-state index is 12.7. The minimum atomic E-state index is 0. The summed E-state index contributed by atoms with van der Waals surface area (Å²) in [4.78, 5) is 14.6. The molecule has 1 aromatic carbocycles. The molecule has 1 heterocycles. The predicted octanol–water partition coefficient (Wildman–Crippen LogP) is 3.58. The summed E-state index contributed by atoms with van der Waals surface area (Å²) in [5, 5.41) is 3.40. The Kier molecular flexibility index (Phi) is 5.74. The molecule has 23 heavy (non-hydrogen) atoms. The van der Waals surface area contributed by atoms with E-state index >= 15 is 0 Å². The van der Waals surface area contributed by atoms with Crippen molar-refractivity contribution in [2.75, 3.05) is 20.1 Å². The second-order valence-electron chi connectivity index (χ2n) is 7.46. The molecule has 1 saturated carbocycles. The molecule has 3 nitrogen and oxygen atoms in total. The van der Waals surface area contributed by atoms with Gasteiger partial charge in [-0.1, -0.05) is 38.1 Å². The van der Waals surface area contributed by atoms with Crippen LogP contribution in [0.4, 0.5) is 0 Å². The topological polar surface area (TPSA) is 32.3 Å². The number of hydrogen-bond acceptors (Lipinski definition) is 2. The fraction of sp³-hybridized carbons (Fsp3) is 0.632. The highest BCUT2D eigenvalue weighted by Crippen LogP contribution is 2.59. The molecular formula is C19H29ClN2O. The first-order chi connectivity index (χ1) is 10.5. The Hall–Kier alpha value is -1.06. The standard InChI is InChI=1S/C19H28N2O.ClH/c1-14(2)16-6-4-15(5-7-16)13-21(3)18(22)17-12-19(17)8-10-20-11-9-19;/h4-7,14,17,20H,8-13H2,1-3H3;1H. The molecule has 4 heteroatoms. The van der Waals surface area contributed by atoms with E-state index in [2.05, 4.69) is 43.4 Å². The van der Waals surface area contributed by atoms with E-state index in [-0.39, 0.29) is 18.3 Å². The molecule has 128 valence electrons. The van der Waals surface area contributed by atoms with Crippen LogP contribution in [0.5, 0.6) is 0 Å². The third-order valence-electron chi connectivity index (χ3n) is 5.53. The Bertz CT molecular complexity index is 535. The van der Waals surface area contributed by atoms with E-state index in [9.17, 15) is 4.79 Å². The van der Waals surface area contributed by atoms with Crippen LogP contribution in [-0.4, -0.2) is 30.9 Å². The van der Waals surface area contributed by atoms with Crippen molar-refractivity contribution >= 4 is 18.3 Å². The van der Waals surface area contributed by atoms with E-state index in [0.29, 0.717) is 17.2 Å². The highest BCUT2D eigenvalue weighted by molar-refractivity contribution is 5.85. The Balaban J connectivity index is 0.00000192. The quantitative estimate of drug-likeness (QED) is 0.911. The van der Waals surface area contributed by atoms with Crippen molar-refractivity contribution in [3.05, 3.63) is 35.4 Å². The largest absolute Gasteiger partial charge is 0.341 e. The van der Waals surface area contributed by atoms with Gasteiger partial charge >= 0.3 is 0 Å². The van der Waals surface area contributed by atoms with Crippen molar-refractivity contribution in [3.63, 3.8) is 0 Å². The Morgan fingerprint density at radius 2 is 1.87 bits per heavy atom. The van der Waals surface area contributed by atoms with Gasteiger partial charge < -0.3 is 10.2 Å². The van der Waals surface area contributed by atoms with Crippen LogP contribution in [0.25, 0.3) is 0 Å². The summed E-state index contributed by atoms with van der Waals surface area (Å²) in [6.45, 7) is 7.28. The summed E-state index contributed by atoms with van der Waals surface area (Å²) >= 11 is 0. The maximum Gasteiger partial charge on any atom is 0.226 e. The Morgan fingerprint density at radius 1 is 1.26 bits per heavy atom. The number of rotatable bonds is 4. The number of hydrogen-bond donors (Lipinski definition) is 1. The molecule has 1 spiro atoms. The van der Waals surface area contributed by atoms with Crippen molar-refractivity contribution in [3.8, 4) is 0 Å². The lowest BCUT2D eigenvalue weighted by molar-refractivity contribution is -0.132. The Labute approximate surface area is 146 Å². The highest BCUT2D eigenvalue weighted by atomic mass is 35.5. The molecule has 1 atom stereocenters. The third kappa shape index (κ3) is 3.89. The van der Waals surface area contributed by atoms with Crippen LogP contribution in [0, 0.1) is 11.3 Å². The zero-order valence-corrected chi connectivity index (χ0v) is 15.3. The molecule has 1 aliphatic heterocycles. The van der Waals surface area contributed by atoms with E-state index in [0.717, 1.165) is 26.1 Å². The van der Waals surface area contributed by atoms with Crippen molar-refractivity contribution < 1.29 is 4.79 Å². The van der Waals surface area contributed by atoms with Gasteiger partial charge in [-0.15, -0.1) is 12.4 Å². The van der Waals surface area contributed by atoms with Crippen molar-refractivity contribution in [1.82, 2.24) is 10.2 Å². The minimum absolute atomic E-state index is 0. The highest BCUT2D eigenvalue weighted by Gasteiger charge is 2.58. The van der Waals surface area contributed by atoms with Crippen LogP contribution in [0.3, 0.4) is 0 Å². The normalized spacial score (nSPS) is 21.8. The van der Waals surface area contributed by atoms with Gasteiger partial charge in [0.2, 0.25) is 5.91 Å². The number of piperidine rings is 1. The van der Waals surface area contributed by atoms with Gasteiger partial charge in [0.1, 0.15) is 0 Å². The molecular weight excluding hydrogens is 308 g/mol. The van der Waals surface area contributed by atoms with Gasteiger partial charge in [-0.2, -0.15) is 0 Å². The smallest absolute Gasteiger partial charge is 0.226 e. The molecule has 0 bridgehead atoms. The van der Waals surface area contributed by atoms with Crippen molar-refractivity contribution in [2.45, 2.75) is 45.6 Å². The molecule has 1 aliphatic carbocycles. The average Bonchev–Trinajstić information content (AvgIpc) is 3.20. The molecule has 1 aromatic rings. The monoisotopic (exact) mass is 336 g/mol. The summed E-state index contributed by atoms with van der Waals surface area (Å²) in [6, 6.07) is 8.69. The second-order valence-corrected chi connectivity index (χ2v) is 7.46. The molecule has 3 rings (SSSR count). The lowest BCUT2D eigenvalue weighted by atomic mass is 9.91. The Morgan fingerprint density at radius 3 is 2.43 bits per heavy atom. The van der Waals surface area contributed by atoms with E-state index in [1.165, 1.54) is 24.0 Å². The SMILES string of the molecule is CC(C)c1ccc(CN(C)C(=O)C2CC23CCNCC3)cc1.Cl. The van der Waals surface area contributed by atoms with E-state index in [1.807, 2.05) is 11.9 Å². The first kappa shape index (κ1) is 18.3. The van der Waals surface area contributed by atoms with Crippen LogP contribution in [-0.2, 0) is 11.3 Å². The minimum Gasteiger partial charge on any atom is -0.341 e. The van der Waals surface area contributed by atoms with Gasteiger partial charge in [-0.05, 0) is 54.8 Å². The third-order valence-corrected chi connectivity index (χ3v) is 5.53. The number of nitrogens with zero attached hydrogens (tertiary/aromatic N) is 1. The second kappa shape index (κ2) is 7.23. The summed E-state index contributed by atoms with van der Waals surface area (Å²) in [5.74, 6) is 1.17. The van der Waals surface area contributed by atoms with Crippen LogP contribution < -0.4 is 5.32 Å². The van der Waals surface area contributed by atoms with E-state index in [1.54, 1.807) is 0 Å². The lowest BCUT2D eigenvalue weighted by Gasteiger charge is -2.25. The van der Waals surface area contributed by atoms with Crippen LogP contribution in [0.15, 0.2) is 24.3 Å². The van der Waals surface area contributed by atoms with Gasteiger partial charge in [-0.25, -0.2) is 0 Å². The predicted molar refractivity (Wildman–Crippen MR) is 96.9 cm³/mol. The maximum atomic E-state index is 12.7. The molecule has 2 fully saturated rings. The summed E-state index contributed by atoms with van der Waals surface area (Å²) < 4.78 is 0. The summed E-state index contributed by atoms with van der Waals surface area (Å²) in [5.41, 5.74) is 2.91. The first-order valence-corrected chi connectivity index (χ1v) is 8.56. The van der Waals surface area contributed by atoms with Crippen molar-refractivity contribution in [2.24, 2.45) is 11.3 Å². The molecule has 0 aromatic heterocycles. The molecule has 1 amide bonds. The zero-order valence-electron chi connectivity index (χ0n) is 14.5. The molecule has 0 radical (unpaired) electrons. The number of carbonyl (C=O) groups is 1. The number of carbonyl (C=O) groups excluding carboxylic acids is 1. The molecule has 1 saturated heterocycles. The molecule has 1 N–H and O–H groups in total. The van der Waals surface area contributed by atoms with Gasteiger partial charge in [-0.3, -0.25) is 4.79 Å². The molecule has 2 aliphatic rings. The van der Waals surface area contributed by atoms with Crippen LogP contribution in [0.2, 0.25) is 0 Å². The van der Waals surface area contributed by atoms with Crippen LogP contribution in [0.1, 0.15) is 50.2 Å². The number of halogens is 1. The fourth-order valence-electron chi connectivity index (χ4n) is 3.80. The number of benzene rings is 1. The van der Waals surface area contributed by atoms with Gasteiger partial charge in [0.25, 0.3) is 0 Å². The number of amides is 1. The van der Waals surface area contributed by atoms with E-state index in [4.69, 9.17) is 0 Å². The van der Waals surface area contributed by atoms with Gasteiger partial charge in [0, 0.05) is 19.5 Å². The van der Waals surface area contributed by atoms with Crippen molar-refractivity contribution in [1.29, 1.82) is 0 Å². The van der Waals surface area contributed by atoms with Gasteiger partial charge in [0.15, 0.2) is 0 Å². The summed E-state index contributed by atoms with van der Waals surface area (Å²) in [7, 11) is 1.95. The summed E-state index contributed by atoms with van der Waals surface area (Å²) in [6.07, 6.45) is 3.44. The fourth-order valence-corrected chi connectivity index (χ4v) is 3.80. The van der Waals surface area contributed by atoms with E-state index < -0.39 is 0 Å². The number of nitrogens with one attached hydrogen (secondary N) is 1. The molecule has 1 unspecified atom stereocenters. The lowest BCUT2D eigenvalue weighted by Crippen LogP contribution is -2.34. The van der Waals surface area contributed by atoms with Crippen LogP contribution >= 0.6 is 12.4 Å². The first-order valence-electron chi connectivity index (χ1n) is 8.56.